The van der Waals surface area contributed by atoms with Gasteiger partial charge in [0, 0.05) is 38.0 Å². The molecule has 1 N–H and O–H groups in total. The van der Waals surface area contributed by atoms with Gasteiger partial charge in [0.15, 0.2) is 0 Å². The fourth-order valence-corrected chi connectivity index (χ4v) is 2.10. The van der Waals surface area contributed by atoms with Crippen LogP contribution in [0.1, 0.15) is 18.9 Å². The van der Waals surface area contributed by atoms with Gasteiger partial charge in [0.25, 0.3) is 0 Å². The van der Waals surface area contributed by atoms with Crippen molar-refractivity contribution >= 4 is 5.69 Å². The third-order valence-corrected chi connectivity index (χ3v) is 3.28. The Labute approximate surface area is 127 Å². The van der Waals surface area contributed by atoms with Gasteiger partial charge in [-0.3, -0.25) is 0 Å². The molecule has 0 amide bonds. The number of ether oxygens (including phenoxy) is 1. The van der Waals surface area contributed by atoms with E-state index in [4.69, 9.17) is 4.74 Å². The Kier molecular flexibility index (Phi) is 5.64. The summed E-state index contributed by atoms with van der Waals surface area (Å²) in [6.07, 6.45) is 1.13. The Hall–Kier alpha value is -2.00. The van der Waals surface area contributed by atoms with Crippen LogP contribution in [-0.4, -0.2) is 20.6 Å². The second-order valence-electron chi connectivity index (χ2n) is 5.28. The summed E-state index contributed by atoms with van der Waals surface area (Å²) < 4.78 is 6.06. The lowest BCUT2D eigenvalue weighted by Crippen LogP contribution is -2.14. The summed E-state index contributed by atoms with van der Waals surface area (Å²) in [5.41, 5.74) is 2.32. The molecule has 0 bridgehead atoms. The van der Waals surface area contributed by atoms with Crippen molar-refractivity contribution in [2.75, 3.05) is 25.5 Å². The summed E-state index contributed by atoms with van der Waals surface area (Å²) in [5.74, 6) is 1.78. The zero-order valence-electron chi connectivity index (χ0n) is 13.1. The molecule has 2 rings (SSSR count). The lowest BCUT2D eigenvalue weighted by molar-refractivity contribution is 0.472. The summed E-state index contributed by atoms with van der Waals surface area (Å²) in [7, 11) is 4.06. The fourth-order valence-electron chi connectivity index (χ4n) is 2.10. The third-order valence-electron chi connectivity index (χ3n) is 3.28. The van der Waals surface area contributed by atoms with E-state index in [2.05, 4.69) is 35.3 Å². The van der Waals surface area contributed by atoms with E-state index in [1.165, 1.54) is 5.56 Å². The van der Waals surface area contributed by atoms with Gasteiger partial charge in [-0.15, -0.1) is 0 Å². The van der Waals surface area contributed by atoms with Crippen LogP contribution in [0.25, 0.3) is 0 Å². The van der Waals surface area contributed by atoms with Gasteiger partial charge in [-0.1, -0.05) is 31.2 Å². The van der Waals surface area contributed by atoms with Crippen molar-refractivity contribution < 1.29 is 4.74 Å². The molecule has 0 aromatic heterocycles. The minimum atomic E-state index is 0.831. The summed E-state index contributed by atoms with van der Waals surface area (Å²) >= 11 is 0. The van der Waals surface area contributed by atoms with Crippen molar-refractivity contribution in [3.8, 4) is 11.5 Å². The smallest absolute Gasteiger partial charge is 0.131 e. The monoisotopic (exact) mass is 284 g/mol. The van der Waals surface area contributed by atoms with Crippen molar-refractivity contribution in [2.45, 2.75) is 19.9 Å². The Balaban J connectivity index is 2.13. The summed E-state index contributed by atoms with van der Waals surface area (Å²) in [6, 6.07) is 16.3. The third kappa shape index (κ3) is 4.50. The number of hydrogen-bond donors (Lipinski definition) is 1. The number of anilines is 1. The van der Waals surface area contributed by atoms with Gasteiger partial charge in [0.2, 0.25) is 0 Å². The molecule has 0 fully saturated rings. The minimum absolute atomic E-state index is 0.831. The van der Waals surface area contributed by atoms with Crippen LogP contribution in [0.4, 0.5) is 5.69 Å². The molecule has 0 saturated carbocycles. The average molecular weight is 284 g/mol. The molecule has 112 valence electrons. The molecule has 0 aliphatic heterocycles. The summed E-state index contributed by atoms with van der Waals surface area (Å²) in [6.45, 7) is 4.02. The minimum Gasteiger partial charge on any atom is -0.457 e. The summed E-state index contributed by atoms with van der Waals surface area (Å²) in [5, 5.41) is 3.42. The predicted octanol–water partition coefficient (Wildman–Crippen LogP) is 4.04. The van der Waals surface area contributed by atoms with Crippen LogP contribution in [0.2, 0.25) is 0 Å². The Bertz CT molecular complexity index is 567. The average Bonchev–Trinajstić information content (AvgIpc) is 2.49. The van der Waals surface area contributed by atoms with E-state index in [0.29, 0.717) is 0 Å². The highest BCUT2D eigenvalue weighted by Gasteiger charge is 2.05. The molecule has 0 spiro atoms. The summed E-state index contributed by atoms with van der Waals surface area (Å²) in [4.78, 5) is 2.07. The molecule has 0 heterocycles. The quantitative estimate of drug-likeness (QED) is 0.776. The fraction of sp³-hybridized carbons (Fsp3) is 0.333. The van der Waals surface area contributed by atoms with Gasteiger partial charge in [0.1, 0.15) is 11.5 Å². The molecule has 0 saturated heterocycles. The molecule has 3 heteroatoms. The van der Waals surface area contributed by atoms with E-state index < -0.39 is 0 Å². The number of rotatable bonds is 7. The first-order valence-electron chi connectivity index (χ1n) is 7.44. The van der Waals surface area contributed by atoms with Crippen LogP contribution in [-0.2, 0) is 6.54 Å². The molecular formula is C18H24N2O. The number of para-hydroxylation sites is 1. The molecule has 0 radical (unpaired) electrons. The Morgan fingerprint density at radius 1 is 1.05 bits per heavy atom. The predicted molar refractivity (Wildman–Crippen MR) is 89.3 cm³/mol. The molecule has 2 aromatic carbocycles. The van der Waals surface area contributed by atoms with Crippen molar-refractivity contribution in [3.05, 3.63) is 54.1 Å². The number of hydrogen-bond acceptors (Lipinski definition) is 3. The Morgan fingerprint density at radius 3 is 2.62 bits per heavy atom. The van der Waals surface area contributed by atoms with E-state index in [9.17, 15) is 0 Å². The van der Waals surface area contributed by atoms with Crippen molar-refractivity contribution in [3.63, 3.8) is 0 Å². The molecule has 0 aliphatic carbocycles. The molecule has 0 atom stereocenters. The first kappa shape index (κ1) is 15.4. The maximum Gasteiger partial charge on any atom is 0.131 e. The largest absolute Gasteiger partial charge is 0.457 e. The van der Waals surface area contributed by atoms with Crippen molar-refractivity contribution in [1.82, 2.24) is 5.32 Å². The van der Waals surface area contributed by atoms with E-state index in [0.717, 1.165) is 36.7 Å². The highest BCUT2D eigenvalue weighted by atomic mass is 16.5. The lowest BCUT2D eigenvalue weighted by atomic mass is 10.2. The van der Waals surface area contributed by atoms with E-state index >= 15 is 0 Å². The maximum atomic E-state index is 6.06. The highest BCUT2D eigenvalue weighted by Crippen LogP contribution is 2.27. The normalized spacial score (nSPS) is 10.4. The number of nitrogens with zero attached hydrogens (tertiary/aromatic N) is 1. The topological polar surface area (TPSA) is 24.5 Å². The van der Waals surface area contributed by atoms with Crippen molar-refractivity contribution in [2.24, 2.45) is 0 Å². The molecule has 3 nitrogen and oxygen atoms in total. The van der Waals surface area contributed by atoms with Crippen LogP contribution in [0.15, 0.2) is 48.5 Å². The molecular weight excluding hydrogens is 260 g/mol. The van der Waals surface area contributed by atoms with Crippen LogP contribution in [0, 0.1) is 0 Å². The zero-order valence-corrected chi connectivity index (χ0v) is 13.1. The highest BCUT2D eigenvalue weighted by molar-refractivity contribution is 5.50. The maximum absolute atomic E-state index is 6.06. The van der Waals surface area contributed by atoms with Crippen LogP contribution < -0.4 is 15.0 Å². The van der Waals surface area contributed by atoms with Crippen LogP contribution in [0.3, 0.4) is 0 Å². The van der Waals surface area contributed by atoms with Gasteiger partial charge >= 0.3 is 0 Å². The van der Waals surface area contributed by atoms with E-state index in [-0.39, 0.29) is 0 Å². The van der Waals surface area contributed by atoms with Gasteiger partial charge in [-0.25, -0.2) is 0 Å². The number of nitrogens with one attached hydrogen (secondary N) is 1. The van der Waals surface area contributed by atoms with Crippen LogP contribution in [0.5, 0.6) is 11.5 Å². The molecule has 0 unspecified atom stereocenters. The second-order valence-corrected chi connectivity index (χ2v) is 5.28. The second kappa shape index (κ2) is 7.70. The Morgan fingerprint density at radius 2 is 1.86 bits per heavy atom. The van der Waals surface area contributed by atoms with E-state index in [1.807, 2.05) is 44.4 Å². The van der Waals surface area contributed by atoms with E-state index in [1.54, 1.807) is 0 Å². The van der Waals surface area contributed by atoms with Gasteiger partial charge in [-0.05, 0) is 31.2 Å². The first-order chi connectivity index (χ1) is 10.2. The number of benzene rings is 2. The molecule has 21 heavy (non-hydrogen) atoms. The van der Waals surface area contributed by atoms with Gasteiger partial charge < -0.3 is 15.0 Å². The van der Waals surface area contributed by atoms with Crippen molar-refractivity contribution in [1.29, 1.82) is 0 Å². The van der Waals surface area contributed by atoms with Gasteiger partial charge in [0.05, 0.1) is 0 Å². The molecule has 2 aromatic rings. The van der Waals surface area contributed by atoms with Crippen LogP contribution >= 0.6 is 0 Å². The van der Waals surface area contributed by atoms with Gasteiger partial charge in [-0.2, -0.15) is 0 Å². The zero-order chi connectivity index (χ0) is 15.1. The SMILES string of the molecule is CCCNCc1ccccc1Oc1cccc(N(C)C)c1. The molecule has 0 aliphatic rings. The first-order valence-corrected chi connectivity index (χ1v) is 7.44. The standard InChI is InChI=1S/C18H24N2O/c1-4-12-19-14-15-8-5-6-11-18(15)21-17-10-7-9-16(13-17)20(2)3/h5-11,13,19H,4,12,14H2,1-3H3. The lowest BCUT2D eigenvalue weighted by Gasteiger charge is -2.15.